The molecule has 1 aliphatic rings. The van der Waals surface area contributed by atoms with Crippen LogP contribution in [0.1, 0.15) is 24.4 Å². The van der Waals surface area contributed by atoms with Gasteiger partial charge >= 0.3 is 0 Å². The first kappa shape index (κ1) is 12.6. The van der Waals surface area contributed by atoms with Crippen molar-refractivity contribution in [3.8, 4) is 5.75 Å². The van der Waals surface area contributed by atoms with Crippen molar-refractivity contribution in [2.45, 2.75) is 18.9 Å². The van der Waals surface area contributed by atoms with Gasteiger partial charge in [-0.05, 0) is 24.8 Å². The first-order valence-corrected chi connectivity index (χ1v) is 6.07. The molecule has 0 radical (unpaired) electrons. The molecule has 1 saturated carbocycles. The van der Waals surface area contributed by atoms with E-state index >= 15 is 0 Å². The van der Waals surface area contributed by atoms with Crippen molar-refractivity contribution in [3.05, 3.63) is 28.5 Å². The molecule has 2 rings (SSSR count). The van der Waals surface area contributed by atoms with Gasteiger partial charge in [-0.1, -0.05) is 11.6 Å². The highest BCUT2D eigenvalue weighted by Gasteiger charge is 2.24. The minimum atomic E-state index is -0.433. The summed E-state index contributed by atoms with van der Waals surface area (Å²) in [6.45, 7) is 0.829. The fraction of sp³-hybridized carbons (Fsp3) is 0.500. The van der Waals surface area contributed by atoms with Gasteiger partial charge in [0.15, 0.2) is 0 Å². The van der Waals surface area contributed by atoms with Crippen LogP contribution in [0.3, 0.4) is 0 Å². The molecule has 1 aliphatic carbocycles. The Morgan fingerprint density at radius 3 is 2.76 bits per heavy atom. The third kappa shape index (κ3) is 3.09. The normalized spacial score (nSPS) is 16.9. The molecule has 1 aromatic carbocycles. The van der Waals surface area contributed by atoms with Crippen molar-refractivity contribution in [3.63, 3.8) is 0 Å². The summed E-state index contributed by atoms with van der Waals surface area (Å²) in [6, 6.07) is 2.12. The second-order valence-electron chi connectivity index (χ2n) is 4.40. The summed E-state index contributed by atoms with van der Waals surface area (Å²) >= 11 is 5.98. The lowest BCUT2D eigenvalue weighted by Gasteiger charge is -2.17. The molecule has 0 bridgehead atoms. The van der Waals surface area contributed by atoms with E-state index in [-0.39, 0.29) is 11.6 Å². The lowest BCUT2D eigenvalue weighted by atomic mass is 10.1. The second kappa shape index (κ2) is 5.21. The average Bonchev–Trinajstić information content (AvgIpc) is 3.08. The van der Waals surface area contributed by atoms with E-state index in [1.54, 1.807) is 0 Å². The van der Waals surface area contributed by atoms with Gasteiger partial charge in [0.1, 0.15) is 11.6 Å². The fourth-order valence-electron chi connectivity index (χ4n) is 1.65. The van der Waals surface area contributed by atoms with E-state index in [2.05, 4.69) is 0 Å². The summed E-state index contributed by atoms with van der Waals surface area (Å²) in [4.78, 5) is 0. The van der Waals surface area contributed by atoms with Crippen LogP contribution >= 0.6 is 11.6 Å². The van der Waals surface area contributed by atoms with Crippen LogP contribution in [0.2, 0.25) is 5.02 Å². The minimum Gasteiger partial charge on any atom is -0.493 e. The molecule has 1 atom stereocenters. The Kier molecular flexibility index (Phi) is 3.86. The number of hydrogen-bond acceptors (Lipinski definition) is 3. The number of halogens is 2. The topological polar surface area (TPSA) is 61.3 Å². The summed E-state index contributed by atoms with van der Waals surface area (Å²) < 4.78 is 18.9. The maximum absolute atomic E-state index is 13.3. The third-order valence-electron chi connectivity index (χ3n) is 2.85. The molecule has 0 spiro atoms. The Balaban J connectivity index is 2.24. The number of nitrogens with two attached hydrogens (primary N) is 2. The molecule has 1 fully saturated rings. The molecule has 1 aromatic rings. The fourth-order valence-corrected chi connectivity index (χ4v) is 1.99. The highest BCUT2D eigenvalue weighted by molar-refractivity contribution is 6.31. The van der Waals surface area contributed by atoms with Crippen LogP contribution < -0.4 is 16.2 Å². The molecule has 3 nitrogen and oxygen atoms in total. The number of rotatable bonds is 5. The van der Waals surface area contributed by atoms with E-state index in [0.29, 0.717) is 23.8 Å². The van der Waals surface area contributed by atoms with Crippen LogP contribution in [-0.4, -0.2) is 13.2 Å². The molecule has 94 valence electrons. The van der Waals surface area contributed by atoms with Crippen molar-refractivity contribution in [2.24, 2.45) is 17.4 Å². The van der Waals surface area contributed by atoms with Gasteiger partial charge in [-0.3, -0.25) is 0 Å². The van der Waals surface area contributed by atoms with E-state index in [1.165, 1.54) is 25.0 Å². The summed E-state index contributed by atoms with van der Waals surface area (Å²) in [5.74, 6) is 0.576. The van der Waals surface area contributed by atoms with Crippen LogP contribution in [0.5, 0.6) is 5.75 Å². The maximum Gasteiger partial charge on any atom is 0.128 e. The third-order valence-corrected chi connectivity index (χ3v) is 3.17. The van der Waals surface area contributed by atoms with Gasteiger partial charge in [-0.2, -0.15) is 0 Å². The van der Waals surface area contributed by atoms with E-state index < -0.39 is 11.9 Å². The van der Waals surface area contributed by atoms with Gasteiger partial charge in [-0.15, -0.1) is 0 Å². The van der Waals surface area contributed by atoms with Crippen LogP contribution in [0.15, 0.2) is 12.1 Å². The highest BCUT2D eigenvalue weighted by atomic mass is 35.5. The van der Waals surface area contributed by atoms with Crippen molar-refractivity contribution in [1.82, 2.24) is 0 Å². The zero-order chi connectivity index (χ0) is 12.4. The summed E-state index contributed by atoms with van der Waals surface area (Å²) in [6.07, 6.45) is 2.34. The van der Waals surface area contributed by atoms with E-state index in [4.69, 9.17) is 27.8 Å². The molecular formula is C12H16ClFN2O. The van der Waals surface area contributed by atoms with Gasteiger partial charge in [0.05, 0.1) is 11.6 Å². The lowest BCUT2D eigenvalue weighted by Crippen LogP contribution is -2.22. The van der Waals surface area contributed by atoms with Crippen molar-refractivity contribution in [2.75, 3.05) is 13.2 Å². The SMILES string of the molecule is NCC(N)c1c(Cl)cc(F)cc1OCC1CC1. The molecule has 1 unspecified atom stereocenters. The van der Waals surface area contributed by atoms with Crippen molar-refractivity contribution < 1.29 is 9.13 Å². The average molecular weight is 259 g/mol. The van der Waals surface area contributed by atoms with Gasteiger partial charge in [0.25, 0.3) is 0 Å². The molecule has 17 heavy (non-hydrogen) atoms. The highest BCUT2D eigenvalue weighted by Crippen LogP contribution is 2.35. The largest absolute Gasteiger partial charge is 0.493 e. The van der Waals surface area contributed by atoms with Gasteiger partial charge in [0, 0.05) is 24.2 Å². The van der Waals surface area contributed by atoms with Gasteiger partial charge < -0.3 is 16.2 Å². The van der Waals surface area contributed by atoms with E-state index in [9.17, 15) is 4.39 Å². The minimum absolute atomic E-state index is 0.241. The Bertz CT molecular complexity index is 410. The molecule has 4 N–H and O–H groups in total. The molecule has 0 aromatic heterocycles. The number of benzene rings is 1. The van der Waals surface area contributed by atoms with E-state index in [1.807, 2.05) is 0 Å². The first-order valence-electron chi connectivity index (χ1n) is 5.69. The Hall–Kier alpha value is -0.840. The lowest BCUT2D eigenvalue weighted by molar-refractivity contribution is 0.293. The predicted octanol–water partition coefficient (Wildman–Crippen LogP) is 2.23. The van der Waals surface area contributed by atoms with Crippen LogP contribution in [-0.2, 0) is 0 Å². The maximum atomic E-state index is 13.3. The Morgan fingerprint density at radius 1 is 1.47 bits per heavy atom. The van der Waals surface area contributed by atoms with Crippen LogP contribution in [0, 0.1) is 11.7 Å². The van der Waals surface area contributed by atoms with Gasteiger partial charge in [-0.25, -0.2) is 4.39 Å². The van der Waals surface area contributed by atoms with Crippen molar-refractivity contribution >= 4 is 11.6 Å². The number of ether oxygens (including phenoxy) is 1. The molecule has 0 saturated heterocycles. The van der Waals surface area contributed by atoms with Crippen LogP contribution in [0.4, 0.5) is 4.39 Å². The summed E-state index contributed by atoms with van der Waals surface area (Å²) in [5.41, 5.74) is 12.0. The zero-order valence-corrected chi connectivity index (χ0v) is 10.2. The molecule has 0 heterocycles. The number of hydrogen-bond donors (Lipinski definition) is 2. The standard InChI is InChI=1S/C12H16ClFN2O/c13-9-3-8(14)4-11(12(9)10(16)5-15)17-6-7-1-2-7/h3-4,7,10H,1-2,5-6,15-16H2. The molecule has 0 amide bonds. The van der Waals surface area contributed by atoms with Gasteiger partial charge in [0.2, 0.25) is 0 Å². The second-order valence-corrected chi connectivity index (χ2v) is 4.80. The van der Waals surface area contributed by atoms with Crippen molar-refractivity contribution in [1.29, 1.82) is 0 Å². The molecule has 0 aliphatic heterocycles. The van der Waals surface area contributed by atoms with Crippen LogP contribution in [0.25, 0.3) is 0 Å². The quantitative estimate of drug-likeness (QED) is 0.851. The monoisotopic (exact) mass is 258 g/mol. The zero-order valence-electron chi connectivity index (χ0n) is 9.46. The Labute approximate surface area is 105 Å². The Morgan fingerprint density at radius 2 is 2.18 bits per heavy atom. The predicted molar refractivity (Wildman–Crippen MR) is 65.6 cm³/mol. The first-order chi connectivity index (χ1) is 8.11. The molecular weight excluding hydrogens is 243 g/mol. The summed E-state index contributed by atoms with van der Waals surface area (Å²) in [5, 5.41) is 0.272. The molecule has 5 heteroatoms. The van der Waals surface area contributed by atoms with E-state index in [0.717, 1.165) is 0 Å². The smallest absolute Gasteiger partial charge is 0.128 e. The summed E-state index contributed by atoms with van der Waals surface area (Å²) in [7, 11) is 0.